The van der Waals surface area contributed by atoms with Crippen LogP contribution in [0.1, 0.15) is 30.5 Å². The standard InChI is InChI=1S/C17H20BrNO2S/c1-13-6-4-5-7-14(13)12-22(20,21)19-17(2,3)15-8-10-16(18)11-9-15/h4-11,19H,12H2,1-3H3. The van der Waals surface area contributed by atoms with Crippen LogP contribution < -0.4 is 4.72 Å². The molecule has 0 heterocycles. The van der Waals surface area contributed by atoms with Gasteiger partial charge >= 0.3 is 0 Å². The minimum atomic E-state index is -3.43. The number of hydrogen-bond acceptors (Lipinski definition) is 2. The molecule has 0 fully saturated rings. The summed E-state index contributed by atoms with van der Waals surface area (Å²) < 4.78 is 28.7. The molecule has 0 saturated heterocycles. The molecule has 118 valence electrons. The van der Waals surface area contributed by atoms with Gasteiger partial charge < -0.3 is 0 Å². The van der Waals surface area contributed by atoms with E-state index in [9.17, 15) is 8.42 Å². The molecular formula is C17H20BrNO2S. The lowest BCUT2D eigenvalue weighted by Crippen LogP contribution is -2.41. The first kappa shape index (κ1) is 17.2. The molecule has 2 aromatic carbocycles. The van der Waals surface area contributed by atoms with Gasteiger partial charge in [0, 0.05) is 4.47 Å². The average molecular weight is 382 g/mol. The number of rotatable bonds is 5. The van der Waals surface area contributed by atoms with E-state index in [2.05, 4.69) is 20.7 Å². The van der Waals surface area contributed by atoms with Crippen molar-refractivity contribution in [1.82, 2.24) is 4.72 Å². The minimum absolute atomic E-state index is 0.0143. The van der Waals surface area contributed by atoms with E-state index in [0.717, 1.165) is 21.2 Å². The van der Waals surface area contributed by atoms with Gasteiger partial charge in [0.15, 0.2) is 0 Å². The van der Waals surface area contributed by atoms with Crippen molar-refractivity contribution in [3.05, 3.63) is 69.7 Å². The third-order valence-electron chi connectivity index (χ3n) is 3.58. The monoisotopic (exact) mass is 381 g/mol. The molecule has 2 aromatic rings. The van der Waals surface area contributed by atoms with Crippen molar-refractivity contribution in [2.24, 2.45) is 0 Å². The van der Waals surface area contributed by atoms with Crippen LogP contribution in [0, 0.1) is 6.92 Å². The topological polar surface area (TPSA) is 46.2 Å². The van der Waals surface area contributed by atoms with E-state index in [-0.39, 0.29) is 5.75 Å². The van der Waals surface area contributed by atoms with Crippen LogP contribution in [0.25, 0.3) is 0 Å². The zero-order valence-corrected chi connectivity index (χ0v) is 15.3. The van der Waals surface area contributed by atoms with E-state index in [1.165, 1.54) is 0 Å². The first-order chi connectivity index (χ1) is 10.2. The summed E-state index contributed by atoms with van der Waals surface area (Å²) in [6, 6.07) is 15.2. The van der Waals surface area contributed by atoms with Crippen LogP contribution >= 0.6 is 15.9 Å². The summed E-state index contributed by atoms with van der Waals surface area (Å²) in [5.41, 5.74) is 2.06. The molecule has 0 aliphatic carbocycles. The van der Waals surface area contributed by atoms with Crippen LogP contribution in [0.4, 0.5) is 0 Å². The molecule has 0 aromatic heterocycles. The van der Waals surface area contributed by atoms with Gasteiger partial charge in [-0.3, -0.25) is 0 Å². The van der Waals surface area contributed by atoms with Gasteiger partial charge in [0.25, 0.3) is 0 Å². The Morgan fingerprint density at radius 1 is 1.05 bits per heavy atom. The van der Waals surface area contributed by atoms with Crippen molar-refractivity contribution in [2.45, 2.75) is 32.1 Å². The molecule has 0 unspecified atom stereocenters. The Balaban J connectivity index is 2.20. The molecule has 0 amide bonds. The molecule has 3 nitrogen and oxygen atoms in total. The van der Waals surface area contributed by atoms with Gasteiger partial charge in [-0.25, -0.2) is 13.1 Å². The molecule has 2 rings (SSSR count). The smallest absolute Gasteiger partial charge is 0.212 e. The average Bonchev–Trinajstić information content (AvgIpc) is 2.40. The van der Waals surface area contributed by atoms with Gasteiger partial charge in [0.2, 0.25) is 10.0 Å². The highest BCUT2D eigenvalue weighted by molar-refractivity contribution is 9.10. The van der Waals surface area contributed by atoms with E-state index >= 15 is 0 Å². The SMILES string of the molecule is Cc1ccccc1CS(=O)(=O)NC(C)(C)c1ccc(Br)cc1. The first-order valence-electron chi connectivity index (χ1n) is 7.02. The summed E-state index contributed by atoms with van der Waals surface area (Å²) >= 11 is 3.39. The highest BCUT2D eigenvalue weighted by Gasteiger charge is 2.27. The second-order valence-electron chi connectivity index (χ2n) is 5.92. The first-order valence-corrected chi connectivity index (χ1v) is 9.46. The molecule has 0 bridgehead atoms. The largest absolute Gasteiger partial charge is 0.216 e. The number of aryl methyl sites for hydroxylation is 1. The number of nitrogens with one attached hydrogen (secondary N) is 1. The maximum absolute atomic E-state index is 12.5. The fourth-order valence-corrected chi connectivity index (χ4v) is 4.29. The zero-order chi connectivity index (χ0) is 16.4. The Bertz CT molecular complexity index is 752. The highest BCUT2D eigenvalue weighted by atomic mass is 79.9. The van der Waals surface area contributed by atoms with Gasteiger partial charge in [-0.2, -0.15) is 0 Å². The van der Waals surface area contributed by atoms with Crippen LogP contribution in [0.15, 0.2) is 53.0 Å². The number of sulfonamides is 1. The fraction of sp³-hybridized carbons (Fsp3) is 0.294. The van der Waals surface area contributed by atoms with Crippen molar-refractivity contribution in [2.75, 3.05) is 0 Å². The van der Waals surface area contributed by atoms with Crippen LogP contribution in [-0.4, -0.2) is 8.42 Å². The molecule has 0 saturated carbocycles. The zero-order valence-electron chi connectivity index (χ0n) is 12.9. The third kappa shape index (κ3) is 4.41. The van der Waals surface area contributed by atoms with Crippen molar-refractivity contribution in [3.8, 4) is 0 Å². The summed E-state index contributed by atoms with van der Waals surface area (Å²) in [7, 11) is -3.43. The predicted octanol–water partition coefficient (Wildman–Crippen LogP) is 4.11. The van der Waals surface area contributed by atoms with E-state index in [1.54, 1.807) is 0 Å². The molecule has 0 aliphatic heterocycles. The Hall–Kier alpha value is -1.17. The van der Waals surface area contributed by atoms with Crippen LogP contribution in [0.3, 0.4) is 0 Å². The van der Waals surface area contributed by atoms with E-state index in [0.29, 0.717) is 0 Å². The molecule has 1 N–H and O–H groups in total. The van der Waals surface area contributed by atoms with E-state index in [4.69, 9.17) is 0 Å². The Labute approximate surface area is 140 Å². The molecule has 5 heteroatoms. The van der Waals surface area contributed by atoms with Gasteiger partial charge in [-0.05, 0) is 49.6 Å². The van der Waals surface area contributed by atoms with Crippen molar-refractivity contribution in [3.63, 3.8) is 0 Å². The van der Waals surface area contributed by atoms with Crippen LogP contribution in [0.2, 0.25) is 0 Å². The summed E-state index contributed by atoms with van der Waals surface area (Å²) in [5, 5.41) is 0. The van der Waals surface area contributed by atoms with Gasteiger partial charge in [-0.1, -0.05) is 52.3 Å². The third-order valence-corrected chi connectivity index (χ3v) is 5.62. The van der Waals surface area contributed by atoms with E-state index < -0.39 is 15.6 Å². The van der Waals surface area contributed by atoms with Crippen LogP contribution in [-0.2, 0) is 21.3 Å². The van der Waals surface area contributed by atoms with Crippen LogP contribution in [0.5, 0.6) is 0 Å². The number of halogens is 1. The quantitative estimate of drug-likeness (QED) is 0.846. The molecule has 22 heavy (non-hydrogen) atoms. The normalized spacial score (nSPS) is 12.4. The maximum atomic E-state index is 12.5. The Kier molecular flexibility index (Phi) is 5.10. The number of hydrogen-bond donors (Lipinski definition) is 1. The molecule has 0 spiro atoms. The minimum Gasteiger partial charge on any atom is -0.212 e. The predicted molar refractivity (Wildman–Crippen MR) is 94.1 cm³/mol. The summed E-state index contributed by atoms with van der Waals surface area (Å²) in [5.74, 6) is -0.0143. The van der Waals surface area contributed by atoms with Gasteiger partial charge in [0.05, 0.1) is 11.3 Å². The molecular weight excluding hydrogens is 362 g/mol. The lowest BCUT2D eigenvalue weighted by molar-refractivity contribution is 0.471. The van der Waals surface area contributed by atoms with Crippen molar-refractivity contribution >= 4 is 26.0 Å². The van der Waals surface area contributed by atoms with Crippen molar-refractivity contribution < 1.29 is 8.42 Å². The second-order valence-corrected chi connectivity index (χ2v) is 8.56. The number of benzene rings is 2. The summed E-state index contributed by atoms with van der Waals surface area (Å²) in [4.78, 5) is 0. The summed E-state index contributed by atoms with van der Waals surface area (Å²) in [6.45, 7) is 5.65. The van der Waals surface area contributed by atoms with Crippen molar-refractivity contribution in [1.29, 1.82) is 0 Å². The molecule has 0 atom stereocenters. The Morgan fingerprint density at radius 2 is 1.64 bits per heavy atom. The Morgan fingerprint density at radius 3 is 2.23 bits per heavy atom. The molecule has 0 aliphatic rings. The van der Waals surface area contributed by atoms with Gasteiger partial charge in [0.1, 0.15) is 0 Å². The summed E-state index contributed by atoms with van der Waals surface area (Å²) in [6.07, 6.45) is 0. The van der Waals surface area contributed by atoms with Gasteiger partial charge in [-0.15, -0.1) is 0 Å². The lowest BCUT2D eigenvalue weighted by Gasteiger charge is -2.27. The molecule has 0 radical (unpaired) electrons. The fourth-order valence-electron chi connectivity index (χ4n) is 2.33. The highest BCUT2D eigenvalue weighted by Crippen LogP contribution is 2.24. The second kappa shape index (κ2) is 6.52. The van der Waals surface area contributed by atoms with E-state index in [1.807, 2.05) is 69.3 Å². The lowest BCUT2D eigenvalue weighted by atomic mass is 9.96. The maximum Gasteiger partial charge on any atom is 0.216 e.